The van der Waals surface area contributed by atoms with Gasteiger partial charge in [-0.05, 0) is 49.8 Å². The van der Waals surface area contributed by atoms with Gasteiger partial charge in [0.05, 0.1) is 17.5 Å². The lowest BCUT2D eigenvalue weighted by Gasteiger charge is -2.46. The second kappa shape index (κ2) is 5.50. The minimum Gasteiger partial charge on any atom is -0.331 e. The summed E-state index contributed by atoms with van der Waals surface area (Å²) >= 11 is 4.68. The fourth-order valence-electron chi connectivity index (χ4n) is 4.89. The number of hydrogen-bond acceptors (Lipinski definition) is 4. The number of piperazine rings is 1. The quantitative estimate of drug-likeness (QED) is 0.774. The molecule has 0 spiro atoms. The van der Waals surface area contributed by atoms with E-state index in [0.717, 1.165) is 24.8 Å². The highest BCUT2D eigenvalue weighted by molar-refractivity contribution is 7.82. The van der Waals surface area contributed by atoms with Gasteiger partial charge in [-0.15, -0.1) is 12.6 Å². The third kappa shape index (κ3) is 2.10. The molecular formula is C20H23N3O2S. The van der Waals surface area contributed by atoms with Gasteiger partial charge < -0.3 is 9.80 Å². The van der Waals surface area contributed by atoms with Gasteiger partial charge in [-0.2, -0.15) is 5.26 Å². The van der Waals surface area contributed by atoms with Crippen molar-refractivity contribution in [1.29, 1.82) is 5.26 Å². The van der Waals surface area contributed by atoms with E-state index in [9.17, 15) is 14.9 Å². The first-order valence-corrected chi connectivity index (χ1v) is 9.53. The van der Waals surface area contributed by atoms with E-state index in [0.29, 0.717) is 0 Å². The highest BCUT2D eigenvalue weighted by Gasteiger charge is 2.66. The van der Waals surface area contributed by atoms with Crippen molar-refractivity contribution in [3.63, 3.8) is 0 Å². The van der Waals surface area contributed by atoms with Crippen LogP contribution < -0.4 is 0 Å². The topological polar surface area (TPSA) is 64.4 Å². The monoisotopic (exact) mass is 369 g/mol. The maximum Gasteiger partial charge on any atom is 0.259 e. The number of nitrogens with zero attached hydrogens (tertiary/aromatic N) is 3. The molecule has 0 N–H and O–H groups in total. The van der Waals surface area contributed by atoms with Crippen LogP contribution in [-0.2, 0) is 22.4 Å². The summed E-state index contributed by atoms with van der Waals surface area (Å²) < 4.78 is 0. The summed E-state index contributed by atoms with van der Waals surface area (Å²) in [6, 6.07) is 7.63. The molecule has 0 aromatic heterocycles. The molecule has 2 aliphatic heterocycles. The molecule has 2 heterocycles. The third-order valence-electron chi connectivity index (χ3n) is 6.41. The Balaban J connectivity index is 1.88. The van der Waals surface area contributed by atoms with Crippen LogP contribution in [0.15, 0.2) is 18.2 Å². The van der Waals surface area contributed by atoms with Crippen molar-refractivity contribution in [2.24, 2.45) is 5.41 Å². The number of amides is 2. The summed E-state index contributed by atoms with van der Waals surface area (Å²) in [6.45, 7) is 3.57. The number of likely N-dealkylation sites (N-methyl/N-ethyl adjacent to an activating group) is 1. The van der Waals surface area contributed by atoms with Crippen LogP contribution in [-0.4, -0.2) is 39.6 Å². The molecular weight excluding hydrogens is 346 g/mol. The summed E-state index contributed by atoms with van der Waals surface area (Å²) in [5, 5.41) is 9.97. The Kier molecular flexibility index (Phi) is 3.68. The second-order valence-electron chi connectivity index (χ2n) is 8.11. The molecule has 26 heavy (non-hydrogen) atoms. The van der Waals surface area contributed by atoms with E-state index >= 15 is 0 Å². The molecule has 0 radical (unpaired) electrons. The predicted molar refractivity (Wildman–Crippen MR) is 100 cm³/mol. The molecule has 3 aliphatic rings. The van der Waals surface area contributed by atoms with Gasteiger partial charge >= 0.3 is 0 Å². The Morgan fingerprint density at radius 1 is 1.27 bits per heavy atom. The molecule has 4 atom stereocenters. The molecule has 1 aromatic carbocycles. The van der Waals surface area contributed by atoms with Crippen LogP contribution in [0.3, 0.4) is 0 Å². The van der Waals surface area contributed by atoms with Crippen molar-refractivity contribution in [2.45, 2.75) is 56.5 Å². The summed E-state index contributed by atoms with van der Waals surface area (Å²) in [7, 11) is 1.63. The first-order chi connectivity index (χ1) is 12.2. The smallest absolute Gasteiger partial charge is 0.259 e. The summed E-state index contributed by atoms with van der Waals surface area (Å²) in [5.74, 6) is -0.357. The van der Waals surface area contributed by atoms with Gasteiger partial charge in [0.15, 0.2) is 4.87 Å². The van der Waals surface area contributed by atoms with E-state index in [1.165, 1.54) is 16.0 Å². The predicted octanol–water partition coefficient (Wildman–Crippen LogP) is 2.47. The first-order valence-electron chi connectivity index (χ1n) is 9.09. The highest BCUT2D eigenvalue weighted by Crippen LogP contribution is 2.58. The minimum atomic E-state index is -1.27. The van der Waals surface area contributed by atoms with Crippen LogP contribution in [0.1, 0.15) is 49.4 Å². The van der Waals surface area contributed by atoms with E-state index in [1.807, 2.05) is 13.0 Å². The standard InChI is InChI=1S/C20H23N3O2S/c1-12-17(24)23-16(15-8-7-13-5-4-6-14(13)9-15)19(2,11-21)10-20(23,26)18(25)22(12)3/h7-9,12,16,26H,4-6,10H2,1-3H3. The van der Waals surface area contributed by atoms with Crippen molar-refractivity contribution < 1.29 is 9.59 Å². The van der Waals surface area contributed by atoms with Gasteiger partial charge in [0.25, 0.3) is 5.91 Å². The number of thiol groups is 1. The Bertz CT molecular complexity index is 863. The first kappa shape index (κ1) is 17.4. The van der Waals surface area contributed by atoms with E-state index in [-0.39, 0.29) is 18.2 Å². The Morgan fingerprint density at radius 3 is 2.65 bits per heavy atom. The number of rotatable bonds is 1. The van der Waals surface area contributed by atoms with Gasteiger partial charge in [-0.25, -0.2) is 0 Å². The molecule has 136 valence electrons. The van der Waals surface area contributed by atoms with Gasteiger partial charge in [0.1, 0.15) is 6.04 Å². The van der Waals surface area contributed by atoms with Crippen molar-refractivity contribution in [1.82, 2.24) is 9.80 Å². The number of aryl methyl sites for hydroxylation is 2. The number of nitriles is 1. The Labute approximate surface area is 159 Å². The zero-order chi connectivity index (χ0) is 18.9. The van der Waals surface area contributed by atoms with Crippen molar-refractivity contribution in [2.75, 3.05) is 7.05 Å². The van der Waals surface area contributed by atoms with Crippen molar-refractivity contribution >= 4 is 24.4 Å². The van der Waals surface area contributed by atoms with Crippen molar-refractivity contribution in [3.8, 4) is 6.07 Å². The number of fused-ring (bicyclic) bond motifs is 2. The summed E-state index contributed by atoms with van der Waals surface area (Å²) in [4.78, 5) is 27.9. The zero-order valence-corrected chi connectivity index (χ0v) is 16.2. The molecule has 2 saturated heterocycles. The second-order valence-corrected chi connectivity index (χ2v) is 8.85. The van der Waals surface area contributed by atoms with Gasteiger partial charge in [-0.3, -0.25) is 9.59 Å². The minimum absolute atomic E-state index is 0.147. The van der Waals surface area contributed by atoms with Crippen LogP contribution >= 0.6 is 12.6 Å². The molecule has 1 aromatic rings. The molecule has 4 unspecified atom stereocenters. The molecule has 1 aliphatic carbocycles. The summed E-state index contributed by atoms with van der Waals surface area (Å²) in [6.07, 6.45) is 3.47. The number of carbonyl (C=O) groups is 2. The SMILES string of the molecule is CC1C(=O)N2C(c3ccc4c(c3)CCC4)C(C)(C#N)CC2(S)C(=O)N1C. The molecule has 0 saturated carbocycles. The van der Waals surface area contributed by atoms with Crippen LogP contribution in [0.25, 0.3) is 0 Å². The molecule has 0 bridgehead atoms. The maximum atomic E-state index is 13.2. The molecule has 2 amide bonds. The lowest BCUT2D eigenvalue weighted by atomic mass is 9.79. The Hall–Kier alpha value is -2.00. The lowest BCUT2D eigenvalue weighted by Crippen LogP contribution is -2.65. The average molecular weight is 369 g/mol. The van der Waals surface area contributed by atoms with Gasteiger partial charge in [-0.1, -0.05) is 18.2 Å². The maximum absolute atomic E-state index is 13.2. The molecule has 6 heteroatoms. The molecule has 2 fully saturated rings. The number of hydrogen-bond donors (Lipinski definition) is 1. The van der Waals surface area contributed by atoms with E-state index in [1.54, 1.807) is 18.9 Å². The molecule has 4 rings (SSSR count). The third-order valence-corrected chi connectivity index (χ3v) is 6.97. The number of benzene rings is 1. The lowest BCUT2D eigenvalue weighted by molar-refractivity contribution is -0.161. The molecule has 5 nitrogen and oxygen atoms in total. The number of carbonyl (C=O) groups excluding carboxylic acids is 2. The van der Waals surface area contributed by atoms with Crippen LogP contribution in [0.5, 0.6) is 0 Å². The summed E-state index contributed by atoms with van der Waals surface area (Å²) in [5.41, 5.74) is 2.70. The zero-order valence-electron chi connectivity index (χ0n) is 15.3. The highest BCUT2D eigenvalue weighted by atomic mass is 32.1. The fourth-order valence-corrected chi connectivity index (χ4v) is 5.59. The van der Waals surface area contributed by atoms with Crippen LogP contribution in [0.2, 0.25) is 0 Å². The van der Waals surface area contributed by atoms with E-state index in [2.05, 4.69) is 30.8 Å². The fraction of sp³-hybridized carbons (Fsp3) is 0.550. The average Bonchev–Trinajstić information content (AvgIpc) is 3.18. The largest absolute Gasteiger partial charge is 0.331 e. The Morgan fingerprint density at radius 2 is 1.96 bits per heavy atom. The van der Waals surface area contributed by atoms with E-state index in [4.69, 9.17) is 0 Å². The van der Waals surface area contributed by atoms with Crippen molar-refractivity contribution in [3.05, 3.63) is 34.9 Å². The normalized spacial score (nSPS) is 36.1. The van der Waals surface area contributed by atoms with Crippen LogP contribution in [0.4, 0.5) is 0 Å². The van der Waals surface area contributed by atoms with E-state index < -0.39 is 22.4 Å². The van der Waals surface area contributed by atoms with Crippen LogP contribution in [0, 0.1) is 16.7 Å². The van der Waals surface area contributed by atoms with Gasteiger partial charge in [0.2, 0.25) is 5.91 Å². The van der Waals surface area contributed by atoms with Gasteiger partial charge in [0, 0.05) is 13.5 Å².